The predicted molar refractivity (Wildman–Crippen MR) is 165 cm³/mol. The van der Waals surface area contributed by atoms with Crippen molar-refractivity contribution < 1.29 is 4.74 Å². The summed E-state index contributed by atoms with van der Waals surface area (Å²) in [5.41, 5.74) is 5.91. The molecule has 5 heteroatoms. The number of likely N-dealkylation sites (tertiary alicyclic amines) is 1. The molecule has 0 N–H and O–H groups in total. The smallest absolute Gasteiger partial charge is 0.128 e. The molecule has 3 aromatic carbocycles. The van der Waals surface area contributed by atoms with Crippen LogP contribution >= 0.6 is 11.3 Å². The first-order chi connectivity index (χ1) is 19.8. The Morgan fingerprint density at radius 2 is 1.52 bits per heavy atom. The molecule has 4 nitrogen and oxygen atoms in total. The van der Waals surface area contributed by atoms with E-state index in [0.717, 1.165) is 53.6 Å². The third-order valence-electron chi connectivity index (χ3n) is 7.87. The molecule has 1 fully saturated rings. The highest BCUT2D eigenvalue weighted by atomic mass is 32.1. The molecule has 40 heavy (non-hydrogen) atoms. The molecular weight excluding hydrogens is 510 g/mol. The van der Waals surface area contributed by atoms with Gasteiger partial charge in [0.05, 0.1) is 12.3 Å². The van der Waals surface area contributed by atoms with Crippen molar-refractivity contribution in [3.63, 3.8) is 0 Å². The van der Waals surface area contributed by atoms with Gasteiger partial charge in [-0.2, -0.15) is 0 Å². The van der Waals surface area contributed by atoms with Crippen LogP contribution in [0.1, 0.15) is 36.3 Å². The highest BCUT2D eigenvalue weighted by Crippen LogP contribution is 2.38. The number of rotatable bonds is 10. The second kappa shape index (κ2) is 13.0. The summed E-state index contributed by atoms with van der Waals surface area (Å²) in [6.45, 7) is 4.06. The minimum atomic E-state index is 0.466. The summed E-state index contributed by atoms with van der Waals surface area (Å²) in [6.07, 6.45) is 7.10. The molecule has 0 aliphatic carbocycles. The molecule has 1 aliphatic rings. The first kappa shape index (κ1) is 26.4. The van der Waals surface area contributed by atoms with E-state index in [4.69, 9.17) is 9.72 Å². The number of aromatic nitrogens is 2. The Morgan fingerprint density at radius 3 is 2.23 bits per heavy atom. The van der Waals surface area contributed by atoms with Gasteiger partial charge in [0, 0.05) is 41.4 Å². The minimum absolute atomic E-state index is 0.466. The largest absolute Gasteiger partial charge is 0.493 e. The highest BCUT2D eigenvalue weighted by molar-refractivity contribution is 7.13. The average Bonchev–Trinajstić information content (AvgIpc) is 3.52. The van der Waals surface area contributed by atoms with E-state index in [1.165, 1.54) is 24.0 Å². The first-order valence-electron chi connectivity index (χ1n) is 14.3. The molecule has 5 aromatic rings. The zero-order chi connectivity index (χ0) is 27.0. The molecule has 6 rings (SSSR count). The second-order valence-corrected chi connectivity index (χ2v) is 11.3. The molecule has 0 atom stereocenters. The van der Waals surface area contributed by atoms with Crippen molar-refractivity contribution in [2.75, 3.05) is 26.2 Å². The van der Waals surface area contributed by atoms with Gasteiger partial charge < -0.3 is 9.64 Å². The van der Waals surface area contributed by atoms with Gasteiger partial charge in [-0.15, -0.1) is 11.3 Å². The third-order valence-corrected chi connectivity index (χ3v) is 8.76. The maximum Gasteiger partial charge on any atom is 0.128 e. The summed E-state index contributed by atoms with van der Waals surface area (Å²) in [5, 5.41) is 3.08. The number of para-hydroxylation sites is 1. The summed E-state index contributed by atoms with van der Waals surface area (Å²) in [4.78, 5) is 11.7. The van der Waals surface area contributed by atoms with Gasteiger partial charge in [-0.1, -0.05) is 72.8 Å². The van der Waals surface area contributed by atoms with Crippen LogP contribution in [-0.4, -0.2) is 41.1 Å². The summed E-state index contributed by atoms with van der Waals surface area (Å²) in [5.74, 6) is 2.03. The Labute approximate surface area is 241 Å². The molecule has 0 unspecified atom stereocenters. The van der Waals surface area contributed by atoms with Crippen LogP contribution in [0.4, 0.5) is 0 Å². The topological polar surface area (TPSA) is 38.2 Å². The van der Waals surface area contributed by atoms with Crippen molar-refractivity contribution in [2.24, 2.45) is 5.92 Å². The lowest BCUT2D eigenvalue weighted by atomic mass is 9.76. The van der Waals surface area contributed by atoms with E-state index in [0.29, 0.717) is 18.4 Å². The Kier molecular flexibility index (Phi) is 8.61. The molecular formula is C35H35N3OS. The van der Waals surface area contributed by atoms with Gasteiger partial charge in [0.15, 0.2) is 0 Å². The Morgan fingerprint density at radius 1 is 0.825 bits per heavy atom. The van der Waals surface area contributed by atoms with Gasteiger partial charge in [0.1, 0.15) is 10.8 Å². The fourth-order valence-electron chi connectivity index (χ4n) is 5.86. The van der Waals surface area contributed by atoms with Crippen molar-refractivity contribution in [1.82, 2.24) is 14.9 Å². The minimum Gasteiger partial charge on any atom is -0.493 e. The van der Waals surface area contributed by atoms with Gasteiger partial charge in [-0.25, -0.2) is 4.98 Å². The lowest BCUT2D eigenvalue weighted by molar-refractivity contribution is 0.163. The zero-order valence-corrected chi connectivity index (χ0v) is 23.5. The summed E-state index contributed by atoms with van der Waals surface area (Å²) < 4.78 is 6.30. The zero-order valence-electron chi connectivity index (χ0n) is 22.7. The molecule has 0 spiro atoms. The van der Waals surface area contributed by atoms with E-state index in [-0.39, 0.29) is 0 Å². The van der Waals surface area contributed by atoms with Crippen LogP contribution in [0.15, 0.2) is 115 Å². The lowest BCUT2D eigenvalue weighted by Crippen LogP contribution is -2.36. The Bertz CT molecular complexity index is 1430. The molecule has 0 radical (unpaired) electrons. The van der Waals surface area contributed by atoms with Crippen LogP contribution in [0.3, 0.4) is 0 Å². The van der Waals surface area contributed by atoms with Crippen LogP contribution in [0, 0.1) is 5.92 Å². The van der Waals surface area contributed by atoms with Crippen molar-refractivity contribution in [2.45, 2.75) is 25.2 Å². The van der Waals surface area contributed by atoms with E-state index in [1.807, 2.05) is 30.5 Å². The highest BCUT2D eigenvalue weighted by Gasteiger charge is 2.28. The average molecular weight is 546 g/mol. The monoisotopic (exact) mass is 545 g/mol. The van der Waals surface area contributed by atoms with Crippen molar-refractivity contribution in [1.29, 1.82) is 0 Å². The first-order valence-corrected chi connectivity index (χ1v) is 15.1. The Balaban J connectivity index is 1.02. The van der Waals surface area contributed by atoms with Crippen LogP contribution < -0.4 is 4.74 Å². The quantitative estimate of drug-likeness (QED) is 0.166. The molecule has 3 heterocycles. The number of piperidine rings is 1. The van der Waals surface area contributed by atoms with Gasteiger partial charge >= 0.3 is 0 Å². The maximum atomic E-state index is 6.30. The lowest BCUT2D eigenvalue weighted by Gasteiger charge is -2.36. The fourth-order valence-corrected chi connectivity index (χ4v) is 6.67. The van der Waals surface area contributed by atoms with Crippen molar-refractivity contribution in [3.8, 4) is 27.6 Å². The van der Waals surface area contributed by atoms with Crippen molar-refractivity contribution >= 4 is 11.3 Å². The maximum absolute atomic E-state index is 6.30. The molecule has 2 aromatic heterocycles. The molecule has 0 amide bonds. The third kappa shape index (κ3) is 6.33. The number of hydrogen-bond donors (Lipinski definition) is 0. The number of nitrogens with zero attached hydrogens (tertiary/aromatic N) is 3. The van der Waals surface area contributed by atoms with Gasteiger partial charge in [0.25, 0.3) is 0 Å². The number of benzene rings is 3. The van der Waals surface area contributed by atoms with Crippen LogP contribution in [0.5, 0.6) is 5.75 Å². The SMILES string of the molecule is c1ccc(C(c2ccccc2)C2CCN(CCCOc3ccccc3-c3csc(-c4cccnc4)n3)CC2)cc1. The normalized spacial score (nSPS) is 14.4. The second-order valence-electron chi connectivity index (χ2n) is 10.5. The fraction of sp³-hybridized carbons (Fsp3) is 0.257. The molecule has 0 bridgehead atoms. The van der Waals surface area contributed by atoms with E-state index in [2.05, 4.69) is 88.1 Å². The number of thiazole rings is 1. The van der Waals surface area contributed by atoms with E-state index < -0.39 is 0 Å². The van der Waals surface area contributed by atoms with Crippen LogP contribution in [-0.2, 0) is 0 Å². The number of pyridine rings is 1. The molecule has 1 saturated heterocycles. The number of hydrogen-bond acceptors (Lipinski definition) is 5. The Hall–Kier alpha value is -3.80. The molecule has 0 saturated carbocycles. The van der Waals surface area contributed by atoms with Gasteiger partial charge in [0.2, 0.25) is 0 Å². The van der Waals surface area contributed by atoms with Crippen LogP contribution in [0.25, 0.3) is 21.8 Å². The molecule has 202 valence electrons. The van der Waals surface area contributed by atoms with E-state index >= 15 is 0 Å². The molecule has 1 aliphatic heterocycles. The standard InChI is InChI=1S/C35H35N3OS/c1-3-11-27(12-4-1)34(28-13-5-2-6-14-28)29-18-22-38(23-19-29)21-10-24-39-33-17-8-7-16-31(33)32-26-40-35(37-32)30-15-9-20-36-25-30/h1-9,11-17,20,25-26,29,34H,10,18-19,21-24H2. The van der Waals surface area contributed by atoms with Crippen LogP contribution in [0.2, 0.25) is 0 Å². The number of ether oxygens (including phenoxy) is 1. The summed E-state index contributed by atoms with van der Waals surface area (Å²) >= 11 is 1.64. The van der Waals surface area contributed by atoms with Gasteiger partial charge in [-0.3, -0.25) is 4.98 Å². The van der Waals surface area contributed by atoms with E-state index in [1.54, 1.807) is 17.5 Å². The van der Waals surface area contributed by atoms with E-state index in [9.17, 15) is 0 Å². The summed E-state index contributed by atoms with van der Waals surface area (Å²) in [7, 11) is 0. The predicted octanol–water partition coefficient (Wildman–Crippen LogP) is 8.19. The van der Waals surface area contributed by atoms with Crippen molar-refractivity contribution in [3.05, 3.63) is 126 Å². The summed E-state index contributed by atoms with van der Waals surface area (Å²) in [6, 6.07) is 34.3. The van der Waals surface area contributed by atoms with Gasteiger partial charge in [-0.05, 0) is 73.7 Å².